The number of ether oxygens (including phenoxy) is 1. The second kappa shape index (κ2) is 5.94. The quantitative estimate of drug-likeness (QED) is 0.760. The van der Waals surface area contributed by atoms with Crippen molar-refractivity contribution in [3.05, 3.63) is 23.8 Å². The highest BCUT2D eigenvalue weighted by Gasteiger charge is 2.07. The fourth-order valence-electron chi connectivity index (χ4n) is 1.43. The fourth-order valence-corrected chi connectivity index (χ4v) is 2.09. The molecule has 0 saturated heterocycles. The van der Waals surface area contributed by atoms with E-state index in [2.05, 4.69) is 12.3 Å². The van der Waals surface area contributed by atoms with E-state index in [1.165, 1.54) is 10.5 Å². The van der Waals surface area contributed by atoms with Crippen molar-refractivity contribution in [3.63, 3.8) is 0 Å². The second-order valence-electron chi connectivity index (χ2n) is 2.97. The highest BCUT2D eigenvalue weighted by atomic mass is 32.2. The zero-order valence-electron chi connectivity index (χ0n) is 8.62. The molecule has 0 atom stereocenters. The lowest BCUT2D eigenvalue weighted by atomic mass is 10.1. The van der Waals surface area contributed by atoms with Crippen LogP contribution in [0.15, 0.2) is 23.1 Å². The average Bonchev–Trinajstić information content (AvgIpc) is 2.25. The largest absolute Gasteiger partial charge is 0.496 e. The Bertz CT molecular complexity index is 264. The number of hydrogen-bond donors (Lipinski definition) is 1. The summed E-state index contributed by atoms with van der Waals surface area (Å²) in [6.07, 6.45) is 3.71. The number of methoxy groups -OCH3 is 1. The third kappa shape index (κ3) is 2.66. The van der Waals surface area contributed by atoms with Crippen molar-refractivity contribution in [3.8, 4) is 5.75 Å². The van der Waals surface area contributed by atoms with E-state index in [0.717, 1.165) is 18.6 Å². The SMILES string of the molecule is COc1cccc(SC)c1CCCO. The minimum absolute atomic E-state index is 0.228. The number of rotatable bonds is 5. The molecule has 0 saturated carbocycles. The van der Waals surface area contributed by atoms with Crippen molar-refractivity contribution in [2.45, 2.75) is 17.7 Å². The van der Waals surface area contributed by atoms with E-state index in [1.54, 1.807) is 18.9 Å². The first-order valence-electron chi connectivity index (χ1n) is 4.64. The number of aliphatic hydroxyl groups is 1. The summed E-state index contributed by atoms with van der Waals surface area (Å²) in [5.41, 5.74) is 1.21. The van der Waals surface area contributed by atoms with Gasteiger partial charge in [0.2, 0.25) is 0 Å². The van der Waals surface area contributed by atoms with Gasteiger partial charge in [0.25, 0.3) is 0 Å². The summed E-state index contributed by atoms with van der Waals surface area (Å²) >= 11 is 1.71. The first kappa shape index (κ1) is 11.4. The molecule has 0 aromatic heterocycles. The molecule has 0 heterocycles. The zero-order chi connectivity index (χ0) is 10.4. The Morgan fingerprint density at radius 3 is 2.79 bits per heavy atom. The Morgan fingerprint density at radius 1 is 1.43 bits per heavy atom. The summed E-state index contributed by atoms with van der Waals surface area (Å²) in [7, 11) is 1.68. The van der Waals surface area contributed by atoms with Crippen LogP contribution in [-0.4, -0.2) is 25.1 Å². The lowest BCUT2D eigenvalue weighted by Gasteiger charge is -2.11. The van der Waals surface area contributed by atoms with Gasteiger partial charge < -0.3 is 9.84 Å². The smallest absolute Gasteiger partial charge is 0.123 e. The highest BCUT2D eigenvalue weighted by Crippen LogP contribution is 2.29. The van der Waals surface area contributed by atoms with Crippen LogP contribution >= 0.6 is 11.8 Å². The van der Waals surface area contributed by atoms with Gasteiger partial charge in [0.1, 0.15) is 5.75 Å². The van der Waals surface area contributed by atoms with E-state index in [-0.39, 0.29) is 6.61 Å². The normalized spacial score (nSPS) is 10.2. The summed E-state index contributed by atoms with van der Waals surface area (Å²) in [6.45, 7) is 0.228. The van der Waals surface area contributed by atoms with Crippen LogP contribution < -0.4 is 4.74 Å². The predicted octanol–water partition coefficient (Wildman–Crippen LogP) is 2.34. The minimum Gasteiger partial charge on any atom is -0.496 e. The van der Waals surface area contributed by atoms with Crippen LogP contribution in [-0.2, 0) is 6.42 Å². The van der Waals surface area contributed by atoms with Gasteiger partial charge in [-0.1, -0.05) is 6.07 Å². The van der Waals surface area contributed by atoms with E-state index in [1.807, 2.05) is 12.1 Å². The molecule has 1 N–H and O–H groups in total. The standard InChI is InChI=1S/C11H16O2S/c1-13-10-6-3-7-11(14-2)9(10)5-4-8-12/h3,6-7,12H,4-5,8H2,1-2H3. The maximum absolute atomic E-state index is 8.81. The average molecular weight is 212 g/mol. The molecule has 0 fully saturated rings. The predicted molar refractivity (Wildman–Crippen MR) is 60.2 cm³/mol. The van der Waals surface area contributed by atoms with Gasteiger partial charge in [-0.3, -0.25) is 0 Å². The molecule has 0 aliphatic heterocycles. The number of benzene rings is 1. The molecule has 0 aliphatic rings. The van der Waals surface area contributed by atoms with Crippen LogP contribution in [0.4, 0.5) is 0 Å². The van der Waals surface area contributed by atoms with Gasteiger partial charge in [-0.05, 0) is 31.2 Å². The molecular weight excluding hydrogens is 196 g/mol. The minimum atomic E-state index is 0.228. The number of hydrogen-bond acceptors (Lipinski definition) is 3. The van der Waals surface area contributed by atoms with Crippen molar-refractivity contribution < 1.29 is 9.84 Å². The van der Waals surface area contributed by atoms with Gasteiger partial charge in [-0.2, -0.15) is 0 Å². The molecule has 0 bridgehead atoms. The Balaban J connectivity index is 2.93. The molecule has 3 heteroatoms. The third-order valence-corrected chi connectivity index (χ3v) is 2.94. The maximum Gasteiger partial charge on any atom is 0.123 e. The van der Waals surface area contributed by atoms with Gasteiger partial charge in [0.15, 0.2) is 0 Å². The zero-order valence-corrected chi connectivity index (χ0v) is 9.43. The Labute approximate surface area is 89.3 Å². The van der Waals surface area contributed by atoms with Crippen LogP contribution in [0.2, 0.25) is 0 Å². The molecule has 14 heavy (non-hydrogen) atoms. The first-order valence-corrected chi connectivity index (χ1v) is 5.86. The molecule has 0 radical (unpaired) electrons. The van der Waals surface area contributed by atoms with Crippen LogP contribution in [0, 0.1) is 0 Å². The van der Waals surface area contributed by atoms with E-state index < -0.39 is 0 Å². The summed E-state index contributed by atoms with van der Waals surface area (Å²) < 4.78 is 5.29. The lowest BCUT2D eigenvalue weighted by molar-refractivity contribution is 0.287. The molecule has 0 amide bonds. The molecule has 0 unspecified atom stereocenters. The molecule has 1 aromatic rings. The first-order chi connectivity index (χ1) is 6.83. The summed E-state index contributed by atoms with van der Waals surface area (Å²) in [5, 5.41) is 8.81. The van der Waals surface area contributed by atoms with Crippen molar-refractivity contribution in [2.24, 2.45) is 0 Å². The van der Waals surface area contributed by atoms with Crippen molar-refractivity contribution >= 4 is 11.8 Å². The molecule has 0 spiro atoms. The Morgan fingerprint density at radius 2 is 2.21 bits per heavy atom. The summed E-state index contributed by atoms with van der Waals surface area (Å²) in [4.78, 5) is 1.23. The third-order valence-electron chi connectivity index (χ3n) is 2.11. The highest BCUT2D eigenvalue weighted by molar-refractivity contribution is 7.98. The van der Waals surface area contributed by atoms with Gasteiger partial charge in [0.05, 0.1) is 7.11 Å². The van der Waals surface area contributed by atoms with Gasteiger partial charge >= 0.3 is 0 Å². The summed E-state index contributed by atoms with van der Waals surface area (Å²) in [5.74, 6) is 0.922. The number of aliphatic hydroxyl groups excluding tert-OH is 1. The lowest BCUT2D eigenvalue weighted by Crippen LogP contribution is -1.96. The molecule has 1 aromatic carbocycles. The van der Waals surface area contributed by atoms with E-state index >= 15 is 0 Å². The van der Waals surface area contributed by atoms with Crippen LogP contribution in [0.1, 0.15) is 12.0 Å². The molecular formula is C11H16O2S. The summed E-state index contributed by atoms with van der Waals surface area (Å²) in [6, 6.07) is 6.04. The van der Waals surface area contributed by atoms with Crippen molar-refractivity contribution in [1.82, 2.24) is 0 Å². The second-order valence-corrected chi connectivity index (χ2v) is 3.82. The monoisotopic (exact) mass is 212 g/mol. The molecule has 1 rings (SSSR count). The van der Waals surface area contributed by atoms with Gasteiger partial charge in [0, 0.05) is 17.1 Å². The maximum atomic E-state index is 8.81. The van der Waals surface area contributed by atoms with Crippen molar-refractivity contribution in [1.29, 1.82) is 0 Å². The topological polar surface area (TPSA) is 29.5 Å². The van der Waals surface area contributed by atoms with Crippen LogP contribution in [0.25, 0.3) is 0 Å². The van der Waals surface area contributed by atoms with Crippen LogP contribution in [0.3, 0.4) is 0 Å². The Kier molecular flexibility index (Phi) is 4.84. The number of thioether (sulfide) groups is 1. The van der Waals surface area contributed by atoms with E-state index in [0.29, 0.717) is 0 Å². The Hall–Kier alpha value is -0.670. The molecule has 78 valence electrons. The van der Waals surface area contributed by atoms with Crippen LogP contribution in [0.5, 0.6) is 5.75 Å². The van der Waals surface area contributed by atoms with Gasteiger partial charge in [-0.15, -0.1) is 11.8 Å². The molecule has 2 nitrogen and oxygen atoms in total. The molecule has 0 aliphatic carbocycles. The van der Waals surface area contributed by atoms with Gasteiger partial charge in [-0.25, -0.2) is 0 Å². The fraction of sp³-hybridized carbons (Fsp3) is 0.455. The van der Waals surface area contributed by atoms with Crippen molar-refractivity contribution in [2.75, 3.05) is 20.0 Å². The van der Waals surface area contributed by atoms with E-state index in [9.17, 15) is 0 Å². The van der Waals surface area contributed by atoms with E-state index in [4.69, 9.17) is 9.84 Å².